The summed E-state index contributed by atoms with van der Waals surface area (Å²) >= 11 is 0. The van der Waals surface area contributed by atoms with E-state index in [-0.39, 0.29) is 29.8 Å². The van der Waals surface area contributed by atoms with E-state index in [9.17, 15) is 13.2 Å². The normalized spacial score (nSPS) is 28.4. The second kappa shape index (κ2) is 5.99. The van der Waals surface area contributed by atoms with Crippen molar-refractivity contribution < 1.29 is 17.9 Å². The lowest BCUT2D eigenvalue weighted by molar-refractivity contribution is -0.145. The lowest BCUT2D eigenvalue weighted by Crippen LogP contribution is -2.48. The molecule has 0 spiro atoms. The van der Waals surface area contributed by atoms with Gasteiger partial charge in [-0.25, -0.2) is 8.42 Å². The van der Waals surface area contributed by atoms with Gasteiger partial charge in [0.05, 0.1) is 11.9 Å². The molecular formula is C13H24N2O4S. The largest absolute Gasteiger partial charge is 0.364 e. The fourth-order valence-electron chi connectivity index (χ4n) is 2.86. The Balaban J connectivity index is 2.03. The number of hydrogen-bond donors (Lipinski definition) is 1. The molecule has 2 N–H and O–H groups in total. The van der Waals surface area contributed by atoms with Crippen LogP contribution in [0, 0.1) is 0 Å². The number of sulfone groups is 1. The zero-order chi connectivity index (χ0) is 14.9. The Hall–Kier alpha value is -0.660. The first-order chi connectivity index (χ1) is 9.31. The molecule has 1 aliphatic carbocycles. The predicted molar refractivity (Wildman–Crippen MR) is 76.0 cm³/mol. The summed E-state index contributed by atoms with van der Waals surface area (Å²) in [6, 6.07) is -0.120. The number of carbonyl (C=O) groups excluding carboxylic acids is 1. The number of nitrogens with zero attached hydrogens (tertiary/aromatic N) is 1. The van der Waals surface area contributed by atoms with Crippen LogP contribution in [0.2, 0.25) is 0 Å². The van der Waals surface area contributed by atoms with Crippen LogP contribution in [-0.2, 0) is 19.4 Å². The molecule has 116 valence electrons. The first-order valence-corrected chi connectivity index (χ1v) is 9.23. The number of ether oxygens (including phenoxy) is 1. The summed E-state index contributed by atoms with van der Waals surface area (Å²) in [5.74, 6) is -0.0676. The zero-order valence-corrected chi connectivity index (χ0v) is 12.9. The Morgan fingerprint density at radius 1 is 1.35 bits per heavy atom. The summed E-state index contributed by atoms with van der Waals surface area (Å²) in [5, 5.41) is 0. The minimum absolute atomic E-state index is 0.00226. The van der Waals surface area contributed by atoms with E-state index in [1.807, 2.05) is 0 Å². The van der Waals surface area contributed by atoms with Gasteiger partial charge in [-0.2, -0.15) is 0 Å². The summed E-state index contributed by atoms with van der Waals surface area (Å²) in [4.78, 5) is 14.3. The summed E-state index contributed by atoms with van der Waals surface area (Å²) in [7, 11) is -3.10. The van der Waals surface area contributed by atoms with Crippen LogP contribution in [0.25, 0.3) is 0 Å². The Kier molecular flexibility index (Phi) is 4.71. The van der Waals surface area contributed by atoms with Crippen molar-refractivity contribution in [2.75, 3.05) is 18.6 Å². The molecule has 1 aliphatic heterocycles. The van der Waals surface area contributed by atoms with Crippen LogP contribution in [0.3, 0.4) is 0 Å². The number of rotatable bonds is 6. The SMILES string of the molecule is CC(CS(C)(=O)=O)N(C(=O)[C@@H]1CC[C@H](CN)O1)C1CC1. The van der Waals surface area contributed by atoms with E-state index in [0.29, 0.717) is 13.0 Å². The van der Waals surface area contributed by atoms with Crippen LogP contribution in [-0.4, -0.2) is 62.1 Å². The van der Waals surface area contributed by atoms with Crippen molar-refractivity contribution in [3.05, 3.63) is 0 Å². The highest BCUT2D eigenvalue weighted by molar-refractivity contribution is 7.90. The van der Waals surface area contributed by atoms with Crippen molar-refractivity contribution >= 4 is 15.7 Å². The molecule has 2 fully saturated rings. The molecule has 0 aromatic rings. The minimum Gasteiger partial charge on any atom is -0.364 e. The Labute approximate surface area is 120 Å². The number of amides is 1. The first kappa shape index (κ1) is 15.7. The lowest BCUT2D eigenvalue weighted by atomic mass is 10.1. The Morgan fingerprint density at radius 3 is 2.45 bits per heavy atom. The van der Waals surface area contributed by atoms with Crippen LogP contribution in [0.15, 0.2) is 0 Å². The molecular weight excluding hydrogens is 280 g/mol. The Morgan fingerprint density at radius 2 is 2.00 bits per heavy atom. The van der Waals surface area contributed by atoms with E-state index in [2.05, 4.69) is 0 Å². The van der Waals surface area contributed by atoms with Crippen LogP contribution in [0.5, 0.6) is 0 Å². The fourth-order valence-corrected chi connectivity index (χ4v) is 3.89. The minimum atomic E-state index is -3.10. The third-order valence-corrected chi connectivity index (χ3v) is 4.95. The van der Waals surface area contributed by atoms with Gasteiger partial charge in [-0.15, -0.1) is 0 Å². The number of hydrogen-bond acceptors (Lipinski definition) is 5. The van der Waals surface area contributed by atoms with Crippen molar-refractivity contribution in [2.45, 2.75) is 56.9 Å². The zero-order valence-electron chi connectivity index (χ0n) is 12.1. The van der Waals surface area contributed by atoms with Gasteiger partial charge in [0.15, 0.2) is 0 Å². The van der Waals surface area contributed by atoms with Crippen LogP contribution >= 0.6 is 0 Å². The molecule has 0 radical (unpaired) electrons. The maximum atomic E-state index is 12.6. The second-order valence-electron chi connectivity index (χ2n) is 5.98. The van der Waals surface area contributed by atoms with Crippen molar-refractivity contribution in [1.29, 1.82) is 0 Å². The summed E-state index contributed by atoms with van der Waals surface area (Å²) in [6.07, 6.45) is 4.08. The molecule has 1 unspecified atom stereocenters. The maximum absolute atomic E-state index is 12.6. The third-order valence-electron chi connectivity index (χ3n) is 3.86. The van der Waals surface area contributed by atoms with Gasteiger partial charge in [0, 0.05) is 24.9 Å². The van der Waals surface area contributed by atoms with Crippen molar-refractivity contribution in [3.63, 3.8) is 0 Å². The highest BCUT2D eigenvalue weighted by atomic mass is 32.2. The van der Waals surface area contributed by atoms with Gasteiger partial charge < -0.3 is 15.4 Å². The standard InChI is InChI=1S/C13H24N2O4S/c1-9(8-20(2,17)18)15(10-3-4-10)13(16)12-6-5-11(7-14)19-12/h9-12H,3-8,14H2,1-2H3/t9?,11-,12+/m1/s1. The molecule has 0 aromatic heterocycles. The molecule has 2 aliphatic rings. The van der Waals surface area contributed by atoms with E-state index in [1.54, 1.807) is 11.8 Å². The summed E-state index contributed by atoms with van der Waals surface area (Å²) in [6.45, 7) is 2.22. The molecule has 20 heavy (non-hydrogen) atoms. The van der Waals surface area contributed by atoms with E-state index >= 15 is 0 Å². The van der Waals surface area contributed by atoms with Gasteiger partial charge in [-0.3, -0.25) is 4.79 Å². The van der Waals surface area contributed by atoms with Gasteiger partial charge >= 0.3 is 0 Å². The van der Waals surface area contributed by atoms with Crippen LogP contribution in [0.1, 0.15) is 32.6 Å². The molecule has 3 atom stereocenters. The highest BCUT2D eigenvalue weighted by Gasteiger charge is 2.41. The maximum Gasteiger partial charge on any atom is 0.252 e. The quantitative estimate of drug-likeness (QED) is 0.741. The lowest BCUT2D eigenvalue weighted by Gasteiger charge is -2.31. The number of carbonyl (C=O) groups is 1. The summed E-state index contributed by atoms with van der Waals surface area (Å²) < 4.78 is 28.5. The molecule has 1 saturated heterocycles. The molecule has 1 heterocycles. The monoisotopic (exact) mass is 304 g/mol. The molecule has 1 saturated carbocycles. The van der Waals surface area contributed by atoms with Gasteiger partial charge in [-0.1, -0.05) is 0 Å². The third kappa shape index (κ3) is 3.93. The van der Waals surface area contributed by atoms with E-state index in [4.69, 9.17) is 10.5 Å². The summed E-state index contributed by atoms with van der Waals surface area (Å²) in [5.41, 5.74) is 5.56. The molecule has 0 bridgehead atoms. The molecule has 1 amide bonds. The van der Waals surface area contributed by atoms with Crippen molar-refractivity contribution in [3.8, 4) is 0 Å². The van der Waals surface area contributed by atoms with Gasteiger partial charge in [0.2, 0.25) is 0 Å². The molecule has 0 aromatic carbocycles. The second-order valence-corrected chi connectivity index (χ2v) is 8.16. The topological polar surface area (TPSA) is 89.7 Å². The smallest absolute Gasteiger partial charge is 0.252 e. The molecule has 2 rings (SSSR count). The van der Waals surface area contributed by atoms with Gasteiger partial charge in [-0.05, 0) is 32.6 Å². The number of nitrogens with two attached hydrogens (primary N) is 1. The molecule has 7 heteroatoms. The van der Waals surface area contributed by atoms with Crippen LogP contribution < -0.4 is 5.73 Å². The van der Waals surface area contributed by atoms with Gasteiger partial charge in [0.25, 0.3) is 5.91 Å². The Bertz CT molecular complexity index is 461. The predicted octanol–water partition coefficient (Wildman–Crippen LogP) is -0.0832. The van der Waals surface area contributed by atoms with Crippen molar-refractivity contribution in [1.82, 2.24) is 4.90 Å². The van der Waals surface area contributed by atoms with E-state index < -0.39 is 15.9 Å². The van der Waals surface area contributed by atoms with Crippen LogP contribution in [0.4, 0.5) is 0 Å². The fraction of sp³-hybridized carbons (Fsp3) is 0.923. The van der Waals surface area contributed by atoms with E-state index in [1.165, 1.54) is 6.26 Å². The first-order valence-electron chi connectivity index (χ1n) is 7.17. The van der Waals surface area contributed by atoms with Crippen molar-refractivity contribution in [2.24, 2.45) is 5.73 Å². The van der Waals surface area contributed by atoms with Gasteiger partial charge in [0.1, 0.15) is 15.9 Å². The van der Waals surface area contributed by atoms with E-state index in [0.717, 1.165) is 19.3 Å². The molecule has 6 nitrogen and oxygen atoms in total. The average molecular weight is 304 g/mol. The average Bonchev–Trinajstić information content (AvgIpc) is 3.04. The highest BCUT2D eigenvalue weighted by Crippen LogP contribution is 2.32.